The number of hydrogen-bond donors (Lipinski definition) is 2. The molecule has 0 radical (unpaired) electrons. The van der Waals surface area contributed by atoms with Crippen LogP contribution in [0.5, 0.6) is 0 Å². The van der Waals surface area contributed by atoms with Crippen LogP contribution in [0, 0.1) is 0 Å². The predicted molar refractivity (Wildman–Crippen MR) is 225 cm³/mol. The summed E-state index contributed by atoms with van der Waals surface area (Å²) >= 11 is 5.93. The molecule has 1 fully saturated rings. The fourth-order valence-electron chi connectivity index (χ4n) is 7.99. The molecule has 0 spiro atoms. The van der Waals surface area contributed by atoms with Gasteiger partial charge in [0.2, 0.25) is 0 Å². The van der Waals surface area contributed by atoms with Gasteiger partial charge >= 0.3 is 5.69 Å². The Bertz CT molecular complexity index is 2360. The Morgan fingerprint density at radius 1 is 0.621 bits per heavy atom. The topological polar surface area (TPSA) is 103 Å². The number of H-pyrrole nitrogens is 1. The average molecular weight is 789 g/mol. The zero-order valence-electron chi connectivity index (χ0n) is 31.4. The average Bonchev–Trinajstić information content (AvgIpc) is 3.59. The highest BCUT2D eigenvalue weighted by molar-refractivity contribution is 6.27. The minimum Gasteiger partial charge on any atom is -0.387 e. The van der Waals surface area contributed by atoms with Crippen LogP contribution in [0.1, 0.15) is 45.2 Å². The predicted octanol–water partition coefficient (Wildman–Crippen LogP) is 8.39. The summed E-state index contributed by atoms with van der Waals surface area (Å²) in [5, 5.41) is 12.7. The standard InChI is InChI=1S/C49H41ClN2O6/c50-32-31-35-33-52(47(55)51-45(35)54)46-44(58-49(39-25-13-4-14-26-39,40-27-15-5-16-28-40)41-29-17-6-18-30-41)43(53)42(57-46)34-56-48(36-19-7-1-8-20-36,37-21-9-2-10-22-37)38-23-11-3-12-24-38/h1-33,42-44,46,53H,34H2,(H,51,54,55)/t42-,43-,44-,46-/m1/s1. The van der Waals surface area contributed by atoms with E-state index in [0.29, 0.717) is 0 Å². The second-order valence-corrected chi connectivity index (χ2v) is 14.3. The van der Waals surface area contributed by atoms with E-state index in [1.165, 1.54) is 22.4 Å². The number of benzene rings is 6. The molecule has 9 heteroatoms. The molecule has 0 bridgehead atoms. The van der Waals surface area contributed by atoms with Crippen LogP contribution >= 0.6 is 11.6 Å². The van der Waals surface area contributed by atoms with Crippen molar-refractivity contribution in [3.8, 4) is 0 Å². The molecule has 1 aliphatic rings. The molecule has 1 saturated heterocycles. The first-order valence-corrected chi connectivity index (χ1v) is 19.5. The van der Waals surface area contributed by atoms with Crippen molar-refractivity contribution in [3.63, 3.8) is 0 Å². The molecule has 8 nitrogen and oxygen atoms in total. The lowest BCUT2D eigenvalue weighted by Gasteiger charge is -2.40. The monoisotopic (exact) mass is 788 g/mol. The van der Waals surface area contributed by atoms with Gasteiger partial charge in [0, 0.05) is 11.7 Å². The third-order valence-corrected chi connectivity index (χ3v) is 10.8. The third-order valence-electron chi connectivity index (χ3n) is 10.7. The molecular weight excluding hydrogens is 748 g/mol. The second-order valence-electron chi connectivity index (χ2n) is 14.1. The summed E-state index contributed by atoms with van der Waals surface area (Å²) in [6.45, 7) is -0.127. The molecule has 0 unspecified atom stereocenters. The van der Waals surface area contributed by atoms with E-state index in [-0.39, 0.29) is 12.2 Å². The highest BCUT2D eigenvalue weighted by Crippen LogP contribution is 2.46. The van der Waals surface area contributed by atoms with Gasteiger partial charge < -0.3 is 19.3 Å². The Morgan fingerprint density at radius 3 is 1.38 bits per heavy atom. The number of nitrogens with zero attached hydrogens (tertiary/aromatic N) is 1. The van der Waals surface area contributed by atoms with E-state index in [1.54, 1.807) is 0 Å². The maximum Gasteiger partial charge on any atom is 0.330 e. The Kier molecular flexibility index (Phi) is 11.5. The van der Waals surface area contributed by atoms with Crippen molar-refractivity contribution < 1.29 is 19.3 Å². The van der Waals surface area contributed by atoms with E-state index >= 15 is 0 Å². The molecular formula is C49H41ClN2O6. The summed E-state index contributed by atoms with van der Waals surface area (Å²) in [6, 6.07) is 59.0. The van der Waals surface area contributed by atoms with Crippen LogP contribution in [0.3, 0.4) is 0 Å². The minimum absolute atomic E-state index is 0.114. The number of halogens is 1. The van der Waals surface area contributed by atoms with Crippen LogP contribution in [-0.4, -0.2) is 39.6 Å². The molecule has 0 aliphatic carbocycles. The van der Waals surface area contributed by atoms with E-state index < -0.39 is 47.0 Å². The lowest BCUT2D eigenvalue weighted by molar-refractivity contribution is -0.125. The zero-order valence-corrected chi connectivity index (χ0v) is 32.1. The van der Waals surface area contributed by atoms with Gasteiger partial charge in [-0.15, -0.1) is 0 Å². The maximum atomic E-state index is 13.8. The number of hydrogen-bond acceptors (Lipinski definition) is 6. The van der Waals surface area contributed by atoms with Gasteiger partial charge in [-0.1, -0.05) is 194 Å². The first-order valence-electron chi connectivity index (χ1n) is 19.1. The summed E-state index contributed by atoms with van der Waals surface area (Å²) in [6.07, 6.45) is -2.08. The summed E-state index contributed by atoms with van der Waals surface area (Å²) in [4.78, 5) is 29.1. The molecule has 2 heterocycles. The molecule has 1 aliphatic heterocycles. The normalized spacial score (nSPS) is 18.4. The van der Waals surface area contributed by atoms with Gasteiger partial charge in [0.25, 0.3) is 5.56 Å². The third kappa shape index (κ3) is 7.28. The summed E-state index contributed by atoms with van der Waals surface area (Å²) in [7, 11) is 0. The molecule has 0 amide bonds. The molecule has 7 aromatic rings. The van der Waals surface area contributed by atoms with Crippen LogP contribution in [0.25, 0.3) is 6.08 Å². The quantitative estimate of drug-likeness (QED) is 0.114. The van der Waals surface area contributed by atoms with Crippen molar-refractivity contribution in [3.05, 3.63) is 254 Å². The highest BCUT2D eigenvalue weighted by Gasteiger charge is 2.52. The minimum atomic E-state index is -1.36. The summed E-state index contributed by atoms with van der Waals surface area (Å²) in [5.41, 5.74) is 2.46. The zero-order chi connectivity index (χ0) is 40.0. The van der Waals surface area contributed by atoms with Gasteiger partial charge in [-0.05, 0) is 39.5 Å². The van der Waals surface area contributed by atoms with Crippen LogP contribution in [0.4, 0.5) is 0 Å². The van der Waals surface area contributed by atoms with Gasteiger partial charge in [0.05, 0.1) is 12.2 Å². The number of aliphatic hydroxyl groups is 1. The van der Waals surface area contributed by atoms with Gasteiger partial charge in [-0.2, -0.15) is 0 Å². The molecule has 290 valence electrons. The van der Waals surface area contributed by atoms with Crippen molar-refractivity contribution in [2.45, 2.75) is 35.7 Å². The second kappa shape index (κ2) is 17.2. The van der Waals surface area contributed by atoms with Crippen LogP contribution in [0.2, 0.25) is 0 Å². The molecule has 0 saturated carbocycles. The summed E-state index contributed by atoms with van der Waals surface area (Å²) < 4.78 is 22.6. The largest absolute Gasteiger partial charge is 0.387 e. The number of rotatable bonds is 13. The Morgan fingerprint density at radius 2 is 1.00 bits per heavy atom. The first kappa shape index (κ1) is 38.7. The molecule has 4 atom stereocenters. The van der Waals surface area contributed by atoms with Gasteiger partial charge in [0.15, 0.2) is 6.23 Å². The van der Waals surface area contributed by atoms with Crippen LogP contribution in [-0.2, 0) is 25.4 Å². The van der Waals surface area contributed by atoms with Crippen molar-refractivity contribution in [1.82, 2.24) is 9.55 Å². The Labute approximate surface area is 341 Å². The molecule has 1 aromatic heterocycles. The van der Waals surface area contributed by atoms with Crippen molar-refractivity contribution in [1.29, 1.82) is 0 Å². The first-order chi connectivity index (χ1) is 28.5. The van der Waals surface area contributed by atoms with E-state index in [4.69, 9.17) is 25.8 Å². The van der Waals surface area contributed by atoms with Crippen molar-refractivity contribution >= 4 is 17.7 Å². The van der Waals surface area contributed by atoms with Crippen molar-refractivity contribution in [2.24, 2.45) is 0 Å². The number of aliphatic hydroxyl groups excluding tert-OH is 1. The van der Waals surface area contributed by atoms with E-state index in [2.05, 4.69) is 4.98 Å². The number of nitrogens with one attached hydrogen (secondary N) is 1. The van der Waals surface area contributed by atoms with E-state index in [0.717, 1.165) is 33.4 Å². The molecule has 58 heavy (non-hydrogen) atoms. The maximum absolute atomic E-state index is 13.8. The molecule has 2 N–H and O–H groups in total. The fraction of sp³-hybridized carbons (Fsp3) is 0.143. The number of aromatic amines is 1. The number of aromatic nitrogens is 2. The van der Waals surface area contributed by atoms with Gasteiger partial charge in [-0.3, -0.25) is 14.3 Å². The van der Waals surface area contributed by atoms with Gasteiger partial charge in [-0.25, -0.2) is 4.79 Å². The SMILES string of the molecule is O=c1[nH]c(=O)n([C@@H]2O[C@H](COC(c3ccccc3)(c3ccccc3)c3ccccc3)[C@@H](O)[C@H]2OC(c2ccccc2)(c2ccccc2)c2ccccc2)cc1C=CCl. The van der Waals surface area contributed by atoms with E-state index in [9.17, 15) is 14.7 Å². The van der Waals surface area contributed by atoms with Crippen LogP contribution < -0.4 is 11.2 Å². The van der Waals surface area contributed by atoms with Crippen molar-refractivity contribution in [2.75, 3.05) is 6.61 Å². The smallest absolute Gasteiger partial charge is 0.330 e. The lowest BCUT2D eigenvalue weighted by Crippen LogP contribution is -2.46. The molecule has 8 rings (SSSR count). The fourth-order valence-corrected chi connectivity index (χ4v) is 8.12. The highest BCUT2D eigenvalue weighted by atomic mass is 35.5. The van der Waals surface area contributed by atoms with Gasteiger partial charge in [0.1, 0.15) is 29.5 Å². The summed E-state index contributed by atoms with van der Waals surface area (Å²) in [5.74, 6) is 0. The number of ether oxygens (including phenoxy) is 3. The Balaban J connectivity index is 1.29. The van der Waals surface area contributed by atoms with Crippen LogP contribution in [0.15, 0.2) is 203 Å². The molecule has 6 aromatic carbocycles. The Hall–Kier alpha value is -6.13. The lowest BCUT2D eigenvalue weighted by atomic mass is 9.79. The van der Waals surface area contributed by atoms with E-state index in [1.807, 2.05) is 182 Å².